The Morgan fingerprint density at radius 1 is 0.295 bits per heavy atom. The Morgan fingerprint density at radius 3 is 1.34 bits per heavy atom. The minimum Gasteiger partial charge on any atom is -0.0616 e. The molecule has 0 radical (unpaired) electrons. The number of hydrogen-bond donors (Lipinski definition) is 0. The highest BCUT2D eigenvalue weighted by Gasteiger charge is 2.20. The molecule has 0 aliphatic carbocycles. The largest absolute Gasteiger partial charge is 0.0636 e. The van der Waals surface area contributed by atoms with E-state index in [1.165, 1.54) is 0 Å². The lowest BCUT2D eigenvalue weighted by atomic mass is 9.82. The van der Waals surface area contributed by atoms with Gasteiger partial charge in [-0.1, -0.05) is 163 Å². The number of benzene rings is 9. The first-order chi connectivity index (χ1) is 33.1. The van der Waals surface area contributed by atoms with Crippen LogP contribution < -0.4 is 0 Å². The van der Waals surface area contributed by atoms with Crippen LogP contribution in [0, 0.1) is 0 Å². The predicted octanol–water partition coefficient (Wildman–Crippen LogP) is 12.5. The Hall–Kier alpha value is -5.72. The average Bonchev–Trinajstić information content (AvgIpc) is 3.33. The fourth-order valence-corrected chi connectivity index (χ4v) is 5.41. The van der Waals surface area contributed by atoms with E-state index in [0.29, 0.717) is 0 Å². The molecule has 0 unspecified atom stereocenters. The SMILES string of the molecule is [2H]c1cc2c(-c3c([2H])c([2H])c4c(-c5c([2H])c([2H])c([2H])c6c([2H])c([2H])c([2H])c([2H])c56)c5c([2H])c([2H])c([2H])c([2H])c5c(-c5c([2H])c([2H])c([2H])c6c([2H])c([2H])c([2H])c([2H])c56)c4c3[2H])c([2H])c([2H])c([2H])c2c([2H])c1[2H]. The van der Waals surface area contributed by atoms with Crippen molar-refractivity contribution in [2.45, 2.75) is 0 Å². The van der Waals surface area contributed by atoms with Crippen LogP contribution in [0.3, 0.4) is 0 Å². The van der Waals surface area contributed by atoms with Crippen molar-refractivity contribution in [1.29, 1.82) is 0 Å². The van der Waals surface area contributed by atoms with Crippen molar-refractivity contribution in [3.05, 3.63) is 169 Å². The van der Waals surface area contributed by atoms with Crippen LogP contribution in [0.5, 0.6) is 0 Å². The molecular weight excluding hydrogens is 528 g/mol. The third-order valence-electron chi connectivity index (χ3n) is 7.26. The molecule has 0 heteroatoms. The molecule has 0 aliphatic rings. The molecule has 0 bridgehead atoms. The molecule has 9 rings (SSSR count). The molecule has 0 amide bonds. The maximum absolute atomic E-state index is 10.2. The Bertz CT molecular complexity index is 4040. The van der Waals surface area contributed by atoms with Crippen molar-refractivity contribution in [3.63, 3.8) is 0 Å². The zero-order chi connectivity index (χ0) is 52.5. The van der Waals surface area contributed by atoms with Gasteiger partial charge in [-0.15, -0.1) is 0 Å². The Morgan fingerprint density at radius 2 is 0.727 bits per heavy atom. The fraction of sp³-hybridized carbons (Fsp3) is 0. The second-order valence-corrected chi connectivity index (χ2v) is 9.58. The zero-order valence-electron chi connectivity index (χ0n) is 49.1. The van der Waals surface area contributed by atoms with Gasteiger partial charge in [0, 0.05) is 0 Å². The van der Waals surface area contributed by atoms with Crippen molar-refractivity contribution in [2.24, 2.45) is 0 Å². The predicted molar refractivity (Wildman–Crippen MR) is 190 cm³/mol. The molecule has 0 aliphatic heterocycles. The molecule has 204 valence electrons. The van der Waals surface area contributed by atoms with Crippen molar-refractivity contribution in [1.82, 2.24) is 0 Å². The topological polar surface area (TPSA) is 0 Å². The maximum Gasteiger partial charge on any atom is 0.0636 e. The first-order valence-electron chi connectivity index (χ1n) is 26.6. The number of rotatable bonds is 3. The van der Waals surface area contributed by atoms with Crippen LogP contribution in [0.1, 0.15) is 37.0 Å². The van der Waals surface area contributed by atoms with Crippen LogP contribution in [0.15, 0.2) is 169 Å². The highest BCUT2D eigenvalue weighted by molar-refractivity contribution is 6.25. The summed E-state index contributed by atoms with van der Waals surface area (Å²) in [5.41, 5.74) is -4.50. The van der Waals surface area contributed by atoms with Gasteiger partial charge in [-0.05, 0) is 93.3 Å². The maximum atomic E-state index is 10.2. The van der Waals surface area contributed by atoms with Crippen LogP contribution in [0.2, 0.25) is 0 Å². The summed E-state index contributed by atoms with van der Waals surface area (Å²) >= 11 is 0. The van der Waals surface area contributed by atoms with Gasteiger partial charge >= 0.3 is 0 Å². The molecule has 9 aromatic carbocycles. The minimum atomic E-state index is -1.07. The second-order valence-electron chi connectivity index (χ2n) is 9.58. The van der Waals surface area contributed by atoms with Gasteiger partial charge in [-0.2, -0.15) is 0 Å². The summed E-state index contributed by atoms with van der Waals surface area (Å²) < 4.78 is 244. The summed E-state index contributed by atoms with van der Waals surface area (Å²) in [5.74, 6) is 0. The van der Waals surface area contributed by atoms with Crippen LogP contribution in [-0.4, -0.2) is 0 Å². The summed E-state index contributed by atoms with van der Waals surface area (Å²) in [6, 6.07) is -24.0. The molecule has 0 aromatic heterocycles. The molecule has 0 nitrogen and oxygen atoms in total. The van der Waals surface area contributed by atoms with Gasteiger partial charge < -0.3 is 0 Å². The lowest BCUT2D eigenvalue weighted by molar-refractivity contribution is 1.66. The fourth-order valence-electron chi connectivity index (χ4n) is 5.41. The van der Waals surface area contributed by atoms with Crippen LogP contribution in [0.25, 0.3) is 87.2 Å². The zero-order valence-corrected chi connectivity index (χ0v) is 22.1. The monoisotopic (exact) mass is 583 g/mol. The minimum absolute atomic E-state index is 0.403. The quantitative estimate of drug-likeness (QED) is 0.181. The number of fused-ring (bicyclic) bond motifs is 5. The van der Waals surface area contributed by atoms with E-state index in [1.807, 2.05) is 0 Å². The third-order valence-corrected chi connectivity index (χ3v) is 7.26. The molecule has 0 atom stereocenters. The van der Waals surface area contributed by atoms with Gasteiger partial charge in [0.25, 0.3) is 0 Å². The summed E-state index contributed by atoms with van der Waals surface area (Å²) in [6.07, 6.45) is 0. The van der Waals surface area contributed by atoms with E-state index in [-0.39, 0.29) is 0 Å². The van der Waals surface area contributed by atoms with Gasteiger partial charge in [0.2, 0.25) is 0 Å². The van der Waals surface area contributed by atoms with Gasteiger partial charge in [0.1, 0.15) is 0 Å². The van der Waals surface area contributed by atoms with Gasteiger partial charge in [-0.25, -0.2) is 0 Å². The molecule has 0 saturated carbocycles. The highest BCUT2D eigenvalue weighted by atomic mass is 14.2. The summed E-state index contributed by atoms with van der Waals surface area (Å²) in [6.45, 7) is 0. The Balaban J connectivity index is 1.76. The van der Waals surface area contributed by atoms with Crippen molar-refractivity contribution >= 4 is 53.9 Å². The van der Waals surface area contributed by atoms with Crippen LogP contribution in [0.4, 0.5) is 0 Å². The van der Waals surface area contributed by atoms with E-state index in [1.54, 1.807) is 0 Å². The van der Waals surface area contributed by atoms with E-state index in [9.17, 15) is 12.3 Å². The Kier molecular flexibility index (Phi) is 2.24. The summed E-state index contributed by atoms with van der Waals surface area (Å²) in [7, 11) is 0. The summed E-state index contributed by atoms with van der Waals surface area (Å²) in [5, 5.41) is -6.72. The molecule has 0 spiro atoms. The van der Waals surface area contributed by atoms with Crippen LogP contribution in [-0.2, 0) is 0 Å². The van der Waals surface area contributed by atoms with E-state index < -0.39 is 250 Å². The lowest BCUT2D eigenvalue weighted by Gasteiger charge is -2.20. The van der Waals surface area contributed by atoms with Gasteiger partial charge in [0.05, 0.1) is 37.0 Å². The van der Waals surface area contributed by atoms with E-state index in [0.717, 1.165) is 6.07 Å². The van der Waals surface area contributed by atoms with Crippen molar-refractivity contribution in [2.75, 3.05) is 0 Å². The lowest BCUT2D eigenvalue weighted by Crippen LogP contribution is -1.93. The van der Waals surface area contributed by atoms with E-state index in [4.69, 9.17) is 24.7 Å². The number of hydrogen-bond acceptors (Lipinski definition) is 0. The van der Waals surface area contributed by atoms with Crippen molar-refractivity contribution < 1.29 is 37.0 Å². The Labute approximate surface area is 294 Å². The molecule has 9 aromatic rings. The third kappa shape index (κ3) is 3.78. The van der Waals surface area contributed by atoms with Crippen molar-refractivity contribution in [3.8, 4) is 33.4 Å². The molecule has 0 fully saturated rings. The van der Waals surface area contributed by atoms with Crippen LogP contribution >= 0.6 is 0 Å². The smallest absolute Gasteiger partial charge is 0.0616 e. The first kappa shape index (κ1) is 9.91. The van der Waals surface area contributed by atoms with E-state index in [2.05, 4.69) is 0 Å². The highest BCUT2D eigenvalue weighted by Crippen LogP contribution is 2.47. The second kappa shape index (κ2) is 9.93. The molecule has 44 heavy (non-hydrogen) atoms. The standard InChI is InChI=1S/C44H28/c1-4-18-33-29(12-1)15-9-23-36(33)32-26-27-41-42(28-32)44(38-25-11-17-31-14-3-6-20-35(31)38)40-22-8-7-21-39(40)43(41)37-24-10-16-30-13-2-5-19-34(30)37/h1-28H/i1D,2D,3D,4D,5D,6D,7D,8D,9D,10D,11D,12D,13D,14D,15D,16D,17D,19D,20D,21D,22D,23D,24D,25D,26D,27D,28D. The first-order valence-corrected chi connectivity index (χ1v) is 13.1. The van der Waals surface area contributed by atoms with E-state index >= 15 is 0 Å². The van der Waals surface area contributed by atoms with Gasteiger partial charge in [-0.3, -0.25) is 0 Å². The molecule has 0 heterocycles. The molecular formula is C44H28. The molecule has 0 N–H and O–H groups in total. The summed E-state index contributed by atoms with van der Waals surface area (Å²) in [4.78, 5) is 0. The molecule has 0 saturated heterocycles. The normalized spacial score (nSPS) is 20.2. The van der Waals surface area contributed by atoms with Gasteiger partial charge in [0.15, 0.2) is 0 Å². The average molecular weight is 584 g/mol.